The van der Waals surface area contributed by atoms with Crippen molar-refractivity contribution in [3.05, 3.63) is 11.6 Å². The van der Waals surface area contributed by atoms with Crippen molar-refractivity contribution < 1.29 is 5.11 Å². The number of hydrogen-bond donors (Lipinski definition) is 1. The summed E-state index contributed by atoms with van der Waals surface area (Å²) in [5.41, 5.74) is 1.06. The number of aliphatic hydroxyl groups is 1. The fourth-order valence-electron chi connectivity index (χ4n) is 0.622. The molecule has 0 aromatic rings. The van der Waals surface area contributed by atoms with E-state index in [9.17, 15) is 0 Å². The molecule has 0 spiro atoms. The molecular weight excluding hydrogens is 100 g/mol. The molecule has 1 N–H and O–H groups in total. The minimum absolute atomic E-state index is 0.193. The van der Waals surface area contributed by atoms with Gasteiger partial charge in [0.2, 0.25) is 0 Å². The zero-order valence-corrected chi connectivity index (χ0v) is 5.81. The van der Waals surface area contributed by atoms with E-state index in [1.54, 1.807) is 0 Å². The third-order valence-corrected chi connectivity index (χ3v) is 0.867. The minimum Gasteiger partial charge on any atom is -0.392 e. The van der Waals surface area contributed by atoms with Gasteiger partial charge in [-0.3, -0.25) is 0 Å². The Balaban J connectivity index is 3.56. The van der Waals surface area contributed by atoms with Gasteiger partial charge in [-0.15, -0.1) is 0 Å². The van der Waals surface area contributed by atoms with Crippen LogP contribution in [0.3, 0.4) is 0 Å². The Hall–Kier alpha value is -0.300. The Morgan fingerprint density at radius 2 is 2.12 bits per heavy atom. The predicted octanol–water partition coefficient (Wildman–Crippen LogP) is 1.58. The van der Waals surface area contributed by atoms with E-state index in [2.05, 4.69) is 19.9 Å². The van der Waals surface area contributed by atoms with Crippen LogP contribution >= 0.6 is 0 Å². The van der Waals surface area contributed by atoms with Crippen LogP contribution in [0.15, 0.2) is 11.6 Å². The smallest absolute Gasteiger partial charge is 0.0639 e. The van der Waals surface area contributed by atoms with Crippen LogP contribution in [0.5, 0.6) is 0 Å². The van der Waals surface area contributed by atoms with Gasteiger partial charge in [-0.25, -0.2) is 0 Å². The second kappa shape index (κ2) is 3.67. The molecule has 0 bridgehead atoms. The van der Waals surface area contributed by atoms with Crippen LogP contribution < -0.4 is 0 Å². The summed E-state index contributed by atoms with van der Waals surface area (Å²) in [6.07, 6.45) is 2.06. The summed E-state index contributed by atoms with van der Waals surface area (Å²) in [7, 11) is 0. The van der Waals surface area contributed by atoms with Gasteiger partial charge in [0.05, 0.1) is 6.61 Å². The third-order valence-electron chi connectivity index (χ3n) is 0.867. The van der Waals surface area contributed by atoms with E-state index in [1.807, 2.05) is 6.92 Å². The van der Waals surface area contributed by atoms with E-state index < -0.39 is 0 Å². The van der Waals surface area contributed by atoms with Crippen LogP contribution in [0.2, 0.25) is 0 Å². The van der Waals surface area contributed by atoms with Gasteiger partial charge >= 0.3 is 0 Å². The second-order valence-corrected chi connectivity index (χ2v) is 2.42. The van der Waals surface area contributed by atoms with E-state index in [-0.39, 0.29) is 6.61 Å². The molecule has 1 heteroatoms. The van der Waals surface area contributed by atoms with E-state index in [1.165, 1.54) is 0 Å². The molecule has 0 saturated carbocycles. The maximum absolute atomic E-state index is 8.52. The lowest BCUT2D eigenvalue weighted by atomic mass is 10.1. The number of allylic oxidation sites excluding steroid dienone is 1. The topological polar surface area (TPSA) is 20.2 Å². The van der Waals surface area contributed by atoms with Gasteiger partial charge in [0.25, 0.3) is 0 Å². The monoisotopic (exact) mass is 114 g/mol. The lowest BCUT2D eigenvalue weighted by Crippen LogP contribution is -1.87. The summed E-state index contributed by atoms with van der Waals surface area (Å²) in [4.78, 5) is 0. The highest BCUT2D eigenvalue weighted by molar-refractivity contribution is 4.98. The molecule has 1 nitrogen and oxygen atoms in total. The molecular formula is C7H14O. The molecule has 0 rings (SSSR count). The average molecular weight is 114 g/mol. The first kappa shape index (κ1) is 7.70. The van der Waals surface area contributed by atoms with Crippen molar-refractivity contribution in [2.45, 2.75) is 20.8 Å². The lowest BCUT2D eigenvalue weighted by Gasteiger charge is -1.96. The standard InChI is InChI=1S/C7H14O/c1-6(2)4-7(3)5-8/h4,6,8H,5H2,1-3H3/b7-4+. The first-order chi connectivity index (χ1) is 3.66. The van der Waals surface area contributed by atoms with Crippen LogP contribution in [0, 0.1) is 5.92 Å². The predicted molar refractivity (Wildman–Crippen MR) is 35.7 cm³/mol. The summed E-state index contributed by atoms with van der Waals surface area (Å²) < 4.78 is 0. The van der Waals surface area contributed by atoms with Gasteiger partial charge in [-0.1, -0.05) is 25.5 Å². The molecule has 0 unspecified atom stereocenters. The minimum atomic E-state index is 0.193. The van der Waals surface area contributed by atoms with Crippen LogP contribution in [0.4, 0.5) is 0 Å². The quantitative estimate of drug-likeness (QED) is 0.540. The first-order valence-corrected chi connectivity index (χ1v) is 2.95. The molecule has 0 aliphatic rings. The highest BCUT2D eigenvalue weighted by Gasteiger charge is 1.87. The fourth-order valence-corrected chi connectivity index (χ4v) is 0.622. The van der Waals surface area contributed by atoms with Gasteiger partial charge in [-0.2, -0.15) is 0 Å². The van der Waals surface area contributed by atoms with Crippen molar-refractivity contribution in [2.24, 2.45) is 5.92 Å². The van der Waals surface area contributed by atoms with E-state index in [0.29, 0.717) is 5.92 Å². The van der Waals surface area contributed by atoms with E-state index >= 15 is 0 Å². The number of aliphatic hydroxyl groups excluding tert-OH is 1. The van der Waals surface area contributed by atoms with Crippen LogP contribution in [-0.2, 0) is 0 Å². The molecule has 0 radical (unpaired) electrons. The van der Waals surface area contributed by atoms with Gasteiger partial charge in [0.1, 0.15) is 0 Å². The normalized spacial score (nSPS) is 12.9. The highest BCUT2D eigenvalue weighted by Crippen LogP contribution is 1.99. The molecule has 0 atom stereocenters. The van der Waals surface area contributed by atoms with Crippen molar-refractivity contribution in [2.75, 3.05) is 6.61 Å². The van der Waals surface area contributed by atoms with E-state index in [0.717, 1.165) is 5.57 Å². The van der Waals surface area contributed by atoms with Crippen molar-refractivity contribution in [1.29, 1.82) is 0 Å². The Bertz CT molecular complexity index is 82.4. The van der Waals surface area contributed by atoms with Crippen LogP contribution in [0.1, 0.15) is 20.8 Å². The molecule has 8 heavy (non-hydrogen) atoms. The lowest BCUT2D eigenvalue weighted by molar-refractivity contribution is 0.330. The third kappa shape index (κ3) is 3.88. The fraction of sp³-hybridized carbons (Fsp3) is 0.714. The molecule has 0 aromatic heterocycles. The summed E-state index contributed by atoms with van der Waals surface area (Å²) in [6, 6.07) is 0. The Labute approximate surface area is 51.0 Å². The van der Waals surface area contributed by atoms with Crippen molar-refractivity contribution >= 4 is 0 Å². The largest absolute Gasteiger partial charge is 0.392 e. The first-order valence-electron chi connectivity index (χ1n) is 2.95. The van der Waals surface area contributed by atoms with Crippen LogP contribution in [-0.4, -0.2) is 11.7 Å². The molecule has 0 aliphatic carbocycles. The van der Waals surface area contributed by atoms with Crippen LogP contribution in [0.25, 0.3) is 0 Å². The molecule has 0 amide bonds. The Kier molecular flexibility index (Phi) is 3.53. The van der Waals surface area contributed by atoms with Crippen molar-refractivity contribution in [1.82, 2.24) is 0 Å². The maximum Gasteiger partial charge on any atom is 0.0639 e. The van der Waals surface area contributed by atoms with Gasteiger partial charge in [-0.05, 0) is 12.8 Å². The van der Waals surface area contributed by atoms with Gasteiger partial charge < -0.3 is 5.11 Å². The van der Waals surface area contributed by atoms with Gasteiger partial charge in [0.15, 0.2) is 0 Å². The Morgan fingerprint density at radius 3 is 2.25 bits per heavy atom. The summed E-state index contributed by atoms with van der Waals surface area (Å²) in [5, 5.41) is 8.52. The summed E-state index contributed by atoms with van der Waals surface area (Å²) in [6.45, 7) is 6.32. The Morgan fingerprint density at radius 1 is 1.62 bits per heavy atom. The second-order valence-electron chi connectivity index (χ2n) is 2.42. The molecule has 48 valence electrons. The zero-order chi connectivity index (χ0) is 6.57. The molecule has 0 fully saturated rings. The van der Waals surface area contributed by atoms with Crippen molar-refractivity contribution in [3.8, 4) is 0 Å². The average Bonchev–Trinajstić information content (AvgIpc) is 1.65. The van der Waals surface area contributed by atoms with E-state index in [4.69, 9.17) is 5.11 Å². The van der Waals surface area contributed by atoms with Crippen molar-refractivity contribution in [3.63, 3.8) is 0 Å². The molecule has 0 heterocycles. The molecule has 0 aliphatic heterocycles. The summed E-state index contributed by atoms with van der Waals surface area (Å²) >= 11 is 0. The number of hydrogen-bond acceptors (Lipinski definition) is 1. The highest BCUT2D eigenvalue weighted by atomic mass is 16.3. The maximum atomic E-state index is 8.52. The number of rotatable bonds is 2. The molecule has 0 saturated heterocycles. The van der Waals surface area contributed by atoms with Gasteiger partial charge in [0, 0.05) is 0 Å². The zero-order valence-electron chi connectivity index (χ0n) is 5.81. The molecule has 0 aromatic carbocycles. The summed E-state index contributed by atoms with van der Waals surface area (Å²) in [5.74, 6) is 0.558. The SMILES string of the molecule is C/C(=C\C(C)C)CO.